The SMILES string of the molecule is CNC(=O)c1ccc(NS(=O)(=O)c2cc([N+](=O)[O-])cc(C)c2C)cc1. The van der Waals surface area contributed by atoms with Crippen molar-refractivity contribution < 1.29 is 18.1 Å². The van der Waals surface area contributed by atoms with Crippen LogP contribution in [0.4, 0.5) is 11.4 Å². The highest BCUT2D eigenvalue weighted by molar-refractivity contribution is 7.92. The summed E-state index contributed by atoms with van der Waals surface area (Å²) in [5.41, 5.74) is 1.27. The maximum absolute atomic E-state index is 12.6. The summed E-state index contributed by atoms with van der Waals surface area (Å²) in [6.07, 6.45) is 0. The molecule has 132 valence electrons. The molecule has 1 amide bonds. The molecule has 0 aliphatic heterocycles. The van der Waals surface area contributed by atoms with Crippen LogP contribution in [0.15, 0.2) is 41.3 Å². The van der Waals surface area contributed by atoms with E-state index in [-0.39, 0.29) is 22.2 Å². The number of carbonyl (C=O) groups is 1. The summed E-state index contributed by atoms with van der Waals surface area (Å²) in [7, 11) is -2.52. The maximum Gasteiger partial charge on any atom is 0.271 e. The van der Waals surface area contributed by atoms with E-state index in [9.17, 15) is 23.3 Å². The summed E-state index contributed by atoms with van der Waals surface area (Å²) in [6, 6.07) is 8.20. The van der Waals surface area contributed by atoms with Crippen LogP contribution in [0.25, 0.3) is 0 Å². The van der Waals surface area contributed by atoms with Gasteiger partial charge in [0.25, 0.3) is 21.6 Å². The van der Waals surface area contributed by atoms with Gasteiger partial charge in [0.05, 0.1) is 9.82 Å². The molecule has 0 fully saturated rings. The Bertz CT molecular complexity index is 937. The number of rotatable bonds is 5. The Morgan fingerprint density at radius 3 is 2.24 bits per heavy atom. The van der Waals surface area contributed by atoms with Crippen LogP contribution in [0.5, 0.6) is 0 Å². The van der Waals surface area contributed by atoms with Crippen molar-refractivity contribution in [3.8, 4) is 0 Å². The quantitative estimate of drug-likeness (QED) is 0.624. The third-order valence-electron chi connectivity index (χ3n) is 3.73. The normalized spacial score (nSPS) is 11.0. The molecule has 2 aromatic carbocycles. The topological polar surface area (TPSA) is 118 Å². The number of sulfonamides is 1. The van der Waals surface area contributed by atoms with Crippen LogP contribution >= 0.6 is 0 Å². The number of amides is 1. The van der Waals surface area contributed by atoms with E-state index >= 15 is 0 Å². The van der Waals surface area contributed by atoms with Gasteiger partial charge in [0.2, 0.25) is 0 Å². The fraction of sp³-hybridized carbons (Fsp3) is 0.188. The fourth-order valence-electron chi connectivity index (χ4n) is 2.24. The lowest BCUT2D eigenvalue weighted by Gasteiger charge is -2.12. The van der Waals surface area contributed by atoms with Crippen molar-refractivity contribution in [2.75, 3.05) is 11.8 Å². The third kappa shape index (κ3) is 3.94. The number of aryl methyl sites for hydroxylation is 1. The van der Waals surface area contributed by atoms with Gasteiger partial charge in [0.1, 0.15) is 0 Å². The van der Waals surface area contributed by atoms with Crippen molar-refractivity contribution in [2.24, 2.45) is 0 Å². The monoisotopic (exact) mass is 363 g/mol. The predicted octanol–water partition coefficient (Wildman–Crippen LogP) is 2.37. The minimum atomic E-state index is -4.02. The van der Waals surface area contributed by atoms with Gasteiger partial charge in [0.15, 0.2) is 0 Å². The Labute approximate surface area is 145 Å². The van der Waals surface area contributed by atoms with E-state index in [0.29, 0.717) is 16.7 Å². The highest BCUT2D eigenvalue weighted by atomic mass is 32.2. The summed E-state index contributed by atoms with van der Waals surface area (Å²) < 4.78 is 27.6. The Balaban J connectivity index is 2.39. The molecule has 25 heavy (non-hydrogen) atoms. The largest absolute Gasteiger partial charge is 0.355 e. The average Bonchev–Trinajstić information content (AvgIpc) is 2.56. The number of nitrogens with zero attached hydrogens (tertiary/aromatic N) is 1. The van der Waals surface area contributed by atoms with Crippen molar-refractivity contribution >= 4 is 27.3 Å². The first-order valence-corrected chi connectivity index (χ1v) is 8.74. The Kier molecular flexibility index (Phi) is 5.07. The lowest BCUT2D eigenvalue weighted by molar-refractivity contribution is -0.385. The second-order valence-corrected chi connectivity index (χ2v) is 7.06. The van der Waals surface area contributed by atoms with Crippen molar-refractivity contribution in [1.82, 2.24) is 5.32 Å². The Morgan fingerprint density at radius 1 is 1.12 bits per heavy atom. The zero-order valence-electron chi connectivity index (χ0n) is 13.9. The second-order valence-electron chi connectivity index (χ2n) is 5.40. The van der Waals surface area contributed by atoms with Crippen molar-refractivity contribution in [3.05, 3.63) is 63.2 Å². The zero-order valence-corrected chi connectivity index (χ0v) is 14.7. The number of nitro groups is 1. The van der Waals surface area contributed by atoms with Crippen LogP contribution < -0.4 is 10.0 Å². The molecule has 2 rings (SSSR count). The van der Waals surface area contributed by atoms with E-state index in [4.69, 9.17) is 0 Å². The molecule has 0 atom stereocenters. The fourth-order valence-corrected chi connectivity index (χ4v) is 3.63. The van der Waals surface area contributed by atoms with Crippen molar-refractivity contribution in [3.63, 3.8) is 0 Å². The Hall–Kier alpha value is -2.94. The minimum absolute atomic E-state index is 0.158. The molecule has 0 unspecified atom stereocenters. The molecule has 0 bridgehead atoms. The van der Waals surface area contributed by atoms with E-state index in [1.165, 1.54) is 37.4 Å². The average molecular weight is 363 g/mol. The van der Waals surface area contributed by atoms with Crippen molar-refractivity contribution in [2.45, 2.75) is 18.7 Å². The van der Waals surface area contributed by atoms with Gasteiger partial charge in [-0.25, -0.2) is 8.42 Å². The summed E-state index contributed by atoms with van der Waals surface area (Å²) in [6.45, 7) is 3.20. The third-order valence-corrected chi connectivity index (χ3v) is 5.24. The second kappa shape index (κ2) is 6.89. The molecule has 0 saturated carbocycles. The van der Waals surface area contributed by atoms with Crippen LogP contribution in [-0.2, 0) is 10.0 Å². The number of hydrogen-bond donors (Lipinski definition) is 2. The van der Waals surface area contributed by atoms with E-state index in [0.717, 1.165) is 6.07 Å². The number of anilines is 1. The number of nitrogens with one attached hydrogen (secondary N) is 2. The molecule has 0 heterocycles. The molecule has 8 nitrogen and oxygen atoms in total. The summed E-state index contributed by atoms with van der Waals surface area (Å²) >= 11 is 0. The summed E-state index contributed by atoms with van der Waals surface area (Å²) in [5.74, 6) is -0.292. The van der Waals surface area contributed by atoms with Gasteiger partial charge < -0.3 is 5.32 Å². The van der Waals surface area contributed by atoms with Gasteiger partial charge in [0, 0.05) is 30.4 Å². The molecule has 0 saturated heterocycles. The van der Waals surface area contributed by atoms with Gasteiger partial charge in [-0.05, 0) is 49.2 Å². The van der Waals surface area contributed by atoms with Crippen LogP contribution in [0.3, 0.4) is 0 Å². The van der Waals surface area contributed by atoms with Gasteiger partial charge in [-0.15, -0.1) is 0 Å². The lowest BCUT2D eigenvalue weighted by Crippen LogP contribution is -2.18. The van der Waals surface area contributed by atoms with Crippen molar-refractivity contribution in [1.29, 1.82) is 0 Å². The van der Waals surface area contributed by atoms with Gasteiger partial charge in [-0.3, -0.25) is 19.6 Å². The highest BCUT2D eigenvalue weighted by Crippen LogP contribution is 2.27. The molecule has 0 aliphatic carbocycles. The van der Waals surface area contributed by atoms with E-state index in [1.807, 2.05) is 0 Å². The lowest BCUT2D eigenvalue weighted by atomic mass is 10.1. The number of non-ortho nitro benzene ring substituents is 1. The number of benzene rings is 2. The molecule has 0 aliphatic rings. The highest BCUT2D eigenvalue weighted by Gasteiger charge is 2.22. The van der Waals surface area contributed by atoms with Crippen LogP contribution in [-0.4, -0.2) is 26.3 Å². The predicted molar refractivity (Wildman–Crippen MR) is 93.2 cm³/mol. The zero-order chi connectivity index (χ0) is 18.8. The number of hydrogen-bond acceptors (Lipinski definition) is 5. The van der Waals surface area contributed by atoms with E-state index in [1.54, 1.807) is 13.8 Å². The smallest absolute Gasteiger partial charge is 0.271 e. The van der Waals surface area contributed by atoms with Gasteiger partial charge in [-0.1, -0.05) is 0 Å². The molecular formula is C16H17N3O5S. The molecule has 0 radical (unpaired) electrons. The first-order valence-electron chi connectivity index (χ1n) is 7.26. The molecule has 9 heteroatoms. The van der Waals surface area contributed by atoms with Crippen LogP contribution in [0.2, 0.25) is 0 Å². The van der Waals surface area contributed by atoms with Crippen LogP contribution in [0.1, 0.15) is 21.5 Å². The minimum Gasteiger partial charge on any atom is -0.355 e. The molecule has 2 aromatic rings. The molecule has 2 N–H and O–H groups in total. The molecule has 0 aromatic heterocycles. The van der Waals surface area contributed by atoms with Gasteiger partial charge >= 0.3 is 0 Å². The first kappa shape index (κ1) is 18.4. The summed E-state index contributed by atoms with van der Waals surface area (Å²) in [4.78, 5) is 21.7. The first-order chi connectivity index (χ1) is 11.7. The van der Waals surface area contributed by atoms with E-state index in [2.05, 4.69) is 10.0 Å². The molecular weight excluding hydrogens is 346 g/mol. The standard InChI is InChI=1S/C16H17N3O5S/c1-10-8-14(19(21)22)9-15(11(10)2)25(23,24)18-13-6-4-12(5-7-13)16(20)17-3/h4-9,18H,1-3H3,(H,17,20). The van der Waals surface area contributed by atoms with E-state index < -0.39 is 14.9 Å². The molecule has 0 spiro atoms. The Morgan fingerprint density at radius 2 is 1.72 bits per heavy atom. The summed E-state index contributed by atoms with van der Waals surface area (Å²) in [5, 5.41) is 13.4. The van der Waals surface area contributed by atoms with Gasteiger partial charge in [-0.2, -0.15) is 0 Å². The number of nitro benzene ring substituents is 1. The maximum atomic E-state index is 12.6. The van der Waals surface area contributed by atoms with Crippen LogP contribution in [0, 0.1) is 24.0 Å². The number of carbonyl (C=O) groups excluding carboxylic acids is 1.